The van der Waals surface area contributed by atoms with E-state index in [1.165, 1.54) is 0 Å². The topological polar surface area (TPSA) is 62.4 Å². The van der Waals surface area contributed by atoms with Gasteiger partial charge in [-0.05, 0) is 50.7 Å². The number of nitrogens with one attached hydrogen (secondary N) is 3. The molecule has 0 aromatic heterocycles. The van der Waals surface area contributed by atoms with Gasteiger partial charge < -0.3 is 10.1 Å². The lowest BCUT2D eigenvalue weighted by molar-refractivity contribution is -0.126. The molecule has 0 aliphatic carbocycles. The van der Waals surface area contributed by atoms with Crippen molar-refractivity contribution in [1.82, 2.24) is 16.2 Å². The van der Waals surface area contributed by atoms with Gasteiger partial charge in [0.25, 0.3) is 0 Å². The molecule has 1 aromatic rings. The van der Waals surface area contributed by atoms with Gasteiger partial charge in [-0.2, -0.15) is 0 Å². The van der Waals surface area contributed by atoms with Crippen LogP contribution in [-0.2, 0) is 11.2 Å². The Balaban J connectivity index is 1.40. The Labute approximate surface area is 138 Å². The van der Waals surface area contributed by atoms with Crippen LogP contribution in [0.15, 0.2) is 24.3 Å². The molecule has 1 saturated heterocycles. The number of rotatable bonds is 5. The molecule has 2 heterocycles. The second kappa shape index (κ2) is 7.32. The van der Waals surface area contributed by atoms with Crippen molar-refractivity contribution in [3.63, 3.8) is 0 Å². The lowest BCUT2D eigenvalue weighted by Crippen LogP contribution is -2.38. The summed E-state index contributed by atoms with van der Waals surface area (Å²) in [5, 5.41) is 3.08. The van der Waals surface area contributed by atoms with Gasteiger partial charge in [0, 0.05) is 18.6 Å². The van der Waals surface area contributed by atoms with E-state index in [9.17, 15) is 4.79 Å². The lowest BCUT2D eigenvalue weighted by atomic mass is 9.91. The molecule has 0 radical (unpaired) electrons. The van der Waals surface area contributed by atoms with Crippen LogP contribution in [0.25, 0.3) is 0 Å². The average molecular weight is 317 g/mol. The molecule has 0 bridgehead atoms. The van der Waals surface area contributed by atoms with Crippen LogP contribution in [-0.4, -0.2) is 31.1 Å². The van der Waals surface area contributed by atoms with Crippen LogP contribution < -0.4 is 20.9 Å². The largest absolute Gasteiger partial charge is 0.492 e. The number of hydrogen-bond donors (Lipinski definition) is 3. The zero-order chi connectivity index (χ0) is 16.2. The first kappa shape index (κ1) is 16.3. The first-order valence-electron chi connectivity index (χ1n) is 8.64. The Morgan fingerprint density at radius 1 is 1.26 bits per heavy atom. The van der Waals surface area contributed by atoms with E-state index >= 15 is 0 Å². The van der Waals surface area contributed by atoms with E-state index in [1.54, 1.807) is 0 Å². The fourth-order valence-electron chi connectivity index (χ4n) is 3.60. The molecule has 0 spiro atoms. The molecular formula is C18H27N3O2. The highest BCUT2D eigenvalue weighted by Gasteiger charge is 2.29. The summed E-state index contributed by atoms with van der Waals surface area (Å²) in [5.74, 6) is 1.58. The maximum absolute atomic E-state index is 12.3. The Hall–Kier alpha value is -1.59. The summed E-state index contributed by atoms with van der Waals surface area (Å²) in [6.45, 7) is 5.63. The maximum atomic E-state index is 12.3. The van der Waals surface area contributed by atoms with Crippen molar-refractivity contribution < 1.29 is 9.53 Å². The van der Waals surface area contributed by atoms with E-state index in [-0.39, 0.29) is 11.8 Å². The summed E-state index contributed by atoms with van der Waals surface area (Å²) >= 11 is 0. The van der Waals surface area contributed by atoms with Crippen molar-refractivity contribution in [2.75, 3.05) is 13.2 Å². The summed E-state index contributed by atoms with van der Waals surface area (Å²) in [7, 11) is 0. The number of hydrazine groups is 1. The summed E-state index contributed by atoms with van der Waals surface area (Å²) in [5.41, 5.74) is 7.68. The first-order valence-corrected chi connectivity index (χ1v) is 8.64. The van der Waals surface area contributed by atoms with Crippen molar-refractivity contribution in [2.45, 2.75) is 45.2 Å². The molecule has 3 atom stereocenters. The van der Waals surface area contributed by atoms with Crippen LogP contribution in [0.2, 0.25) is 0 Å². The monoisotopic (exact) mass is 317 g/mol. The SMILES string of the molecule is CC1NNC(C)C1CCCNC(=O)C1COc2ccccc2C1. The molecule has 2 aliphatic heterocycles. The van der Waals surface area contributed by atoms with Gasteiger partial charge in [0.05, 0.1) is 5.92 Å². The number of carbonyl (C=O) groups excluding carboxylic acids is 1. The standard InChI is InChI=1S/C18H27N3O2/c1-12-16(13(2)21-20-12)7-5-9-19-18(22)15-10-14-6-3-4-8-17(14)23-11-15/h3-4,6,8,12-13,15-16,20-21H,5,7,9-11H2,1-2H3,(H,19,22). The van der Waals surface area contributed by atoms with Gasteiger partial charge in [-0.15, -0.1) is 0 Å². The zero-order valence-electron chi connectivity index (χ0n) is 14.0. The normalized spacial score (nSPS) is 29.7. The van der Waals surface area contributed by atoms with Crippen LogP contribution >= 0.6 is 0 Å². The summed E-state index contributed by atoms with van der Waals surface area (Å²) < 4.78 is 5.70. The van der Waals surface area contributed by atoms with Crippen molar-refractivity contribution in [3.05, 3.63) is 29.8 Å². The Morgan fingerprint density at radius 2 is 2.00 bits per heavy atom. The van der Waals surface area contributed by atoms with E-state index in [4.69, 9.17) is 4.74 Å². The van der Waals surface area contributed by atoms with E-state index in [2.05, 4.69) is 30.0 Å². The van der Waals surface area contributed by atoms with Gasteiger partial charge in [-0.3, -0.25) is 15.6 Å². The Morgan fingerprint density at radius 3 is 2.78 bits per heavy atom. The van der Waals surface area contributed by atoms with E-state index < -0.39 is 0 Å². The first-order chi connectivity index (χ1) is 11.1. The fourth-order valence-corrected chi connectivity index (χ4v) is 3.60. The number of ether oxygens (including phenoxy) is 1. The minimum Gasteiger partial charge on any atom is -0.492 e. The molecule has 5 nitrogen and oxygen atoms in total. The van der Waals surface area contributed by atoms with Crippen molar-refractivity contribution in [3.8, 4) is 5.75 Å². The van der Waals surface area contributed by atoms with Gasteiger partial charge in [0.15, 0.2) is 0 Å². The minimum absolute atomic E-state index is 0.0717. The molecule has 5 heteroatoms. The molecule has 1 fully saturated rings. The lowest BCUT2D eigenvalue weighted by Gasteiger charge is -2.24. The van der Waals surface area contributed by atoms with Gasteiger partial charge in [0.2, 0.25) is 5.91 Å². The molecular weight excluding hydrogens is 290 g/mol. The predicted molar refractivity (Wildman–Crippen MR) is 90.1 cm³/mol. The van der Waals surface area contributed by atoms with Crippen LogP contribution in [0, 0.1) is 11.8 Å². The third kappa shape index (κ3) is 3.85. The smallest absolute Gasteiger partial charge is 0.226 e. The second-order valence-electron chi connectivity index (χ2n) is 6.78. The number of benzene rings is 1. The van der Waals surface area contributed by atoms with Crippen LogP contribution in [0.3, 0.4) is 0 Å². The number of fused-ring (bicyclic) bond motifs is 1. The van der Waals surface area contributed by atoms with Gasteiger partial charge >= 0.3 is 0 Å². The summed E-state index contributed by atoms with van der Waals surface area (Å²) in [6.07, 6.45) is 2.90. The molecule has 2 aliphatic rings. The Kier molecular flexibility index (Phi) is 5.18. The Bertz CT molecular complexity index is 539. The molecule has 3 unspecified atom stereocenters. The molecule has 3 N–H and O–H groups in total. The number of carbonyl (C=O) groups is 1. The van der Waals surface area contributed by atoms with E-state index in [0.717, 1.165) is 37.1 Å². The highest BCUT2D eigenvalue weighted by Crippen LogP contribution is 2.26. The maximum Gasteiger partial charge on any atom is 0.226 e. The third-order valence-corrected chi connectivity index (χ3v) is 5.09. The number of amides is 1. The second-order valence-corrected chi connectivity index (χ2v) is 6.78. The average Bonchev–Trinajstić information content (AvgIpc) is 2.89. The molecule has 23 heavy (non-hydrogen) atoms. The molecule has 126 valence electrons. The summed E-state index contributed by atoms with van der Waals surface area (Å²) in [6, 6.07) is 8.95. The van der Waals surface area contributed by atoms with E-state index in [1.807, 2.05) is 24.3 Å². The molecule has 1 amide bonds. The number of hydrogen-bond acceptors (Lipinski definition) is 4. The molecule has 1 aromatic carbocycles. The molecule has 0 saturated carbocycles. The summed E-state index contributed by atoms with van der Waals surface area (Å²) in [4.78, 5) is 12.3. The van der Waals surface area contributed by atoms with Crippen molar-refractivity contribution >= 4 is 5.91 Å². The zero-order valence-corrected chi connectivity index (χ0v) is 14.0. The van der Waals surface area contributed by atoms with Gasteiger partial charge in [-0.1, -0.05) is 18.2 Å². The fraction of sp³-hybridized carbons (Fsp3) is 0.611. The van der Waals surface area contributed by atoms with Crippen LogP contribution in [0.1, 0.15) is 32.3 Å². The predicted octanol–water partition coefficient (Wildman–Crippen LogP) is 1.64. The highest BCUT2D eigenvalue weighted by molar-refractivity contribution is 5.79. The van der Waals surface area contributed by atoms with Crippen LogP contribution in [0.5, 0.6) is 5.75 Å². The van der Waals surface area contributed by atoms with E-state index in [0.29, 0.717) is 24.6 Å². The third-order valence-electron chi connectivity index (χ3n) is 5.09. The minimum atomic E-state index is -0.0717. The van der Waals surface area contributed by atoms with Gasteiger partial charge in [-0.25, -0.2) is 0 Å². The number of para-hydroxylation sites is 1. The van der Waals surface area contributed by atoms with Gasteiger partial charge in [0.1, 0.15) is 12.4 Å². The van der Waals surface area contributed by atoms with Crippen molar-refractivity contribution in [2.24, 2.45) is 11.8 Å². The quantitative estimate of drug-likeness (QED) is 0.723. The molecule has 3 rings (SSSR count). The van der Waals surface area contributed by atoms with Crippen LogP contribution in [0.4, 0.5) is 0 Å². The highest BCUT2D eigenvalue weighted by atomic mass is 16.5. The van der Waals surface area contributed by atoms with Crippen molar-refractivity contribution in [1.29, 1.82) is 0 Å².